The Bertz CT molecular complexity index is 461. The fourth-order valence-corrected chi connectivity index (χ4v) is 4.93. The molecule has 0 aromatic heterocycles. The Balaban J connectivity index is 2.23. The first-order valence-corrected chi connectivity index (χ1v) is 10.6. The van der Waals surface area contributed by atoms with Crippen LogP contribution in [-0.2, 0) is 11.3 Å². The van der Waals surface area contributed by atoms with E-state index in [9.17, 15) is 4.79 Å². The van der Waals surface area contributed by atoms with E-state index in [2.05, 4.69) is 50.5 Å². The zero-order valence-electron chi connectivity index (χ0n) is 12.7. The van der Waals surface area contributed by atoms with E-state index >= 15 is 0 Å². The van der Waals surface area contributed by atoms with Gasteiger partial charge in [0.15, 0.2) is 0 Å². The highest BCUT2D eigenvalue weighted by atomic mass is 28.3. The van der Waals surface area contributed by atoms with Gasteiger partial charge in [0.2, 0.25) is 5.91 Å². The molecule has 0 saturated carbocycles. The summed E-state index contributed by atoms with van der Waals surface area (Å²) in [6, 6.07) is 10.3. The quantitative estimate of drug-likeness (QED) is 0.766. The maximum atomic E-state index is 12.7. The van der Waals surface area contributed by atoms with Crippen molar-refractivity contribution in [2.24, 2.45) is 0 Å². The zero-order valence-corrected chi connectivity index (χ0v) is 13.7. The van der Waals surface area contributed by atoms with Gasteiger partial charge in [-0.1, -0.05) is 50.0 Å². The Kier molecular flexibility index (Phi) is 3.60. The van der Waals surface area contributed by atoms with Crippen LogP contribution in [0.2, 0.25) is 25.2 Å². The van der Waals surface area contributed by atoms with Crippen molar-refractivity contribution in [3.63, 3.8) is 0 Å². The monoisotopic (exact) mass is 275 g/mol. The van der Waals surface area contributed by atoms with Crippen molar-refractivity contribution in [2.75, 3.05) is 0 Å². The summed E-state index contributed by atoms with van der Waals surface area (Å²) in [6.45, 7) is 12.1. The number of nitrogens with zero attached hydrogens (tertiary/aromatic N) is 1. The van der Waals surface area contributed by atoms with E-state index in [1.54, 1.807) is 0 Å². The normalized spacial score (nSPS) is 22.9. The molecular formula is C16H25NOSi. The van der Waals surface area contributed by atoms with Gasteiger partial charge in [0.05, 0.1) is 8.07 Å². The Labute approximate surface area is 117 Å². The first kappa shape index (κ1) is 14.3. The average Bonchev–Trinajstić information content (AvgIpc) is 2.54. The molecule has 0 radical (unpaired) electrons. The largest absolute Gasteiger partial charge is 0.333 e. The van der Waals surface area contributed by atoms with Crippen LogP contribution in [0.25, 0.3) is 0 Å². The van der Waals surface area contributed by atoms with Crippen LogP contribution in [0.1, 0.15) is 25.8 Å². The summed E-state index contributed by atoms with van der Waals surface area (Å²) >= 11 is 0. The Morgan fingerprint density at radius 2 is 1.79 bits per heavy atom. The molecule has 104 valence electrons. The zero-order chi connectivity index (χ0) is 14.3. The summed E-state index contributed by atoms with van der Waals surface area (Å²) in [5.74, 6) is 0.369. The number of amides is 1. The molecular weight excluding hydrogens is 250 g/mol. The van der Waals surface area contributed by atoms with Gasteiger partial charge < -0.3 is 4.90 Å². The van der Waals surface area contributed by atoms with E-state index in [-0.39, 0.29) is 11.1 Å². The van der Waals surface area contributed by atoms with Gasteiger partial charge in [0.25, 0.3) is 0 Å². The Morgan fingerprint density at radius 3 is 2.26 bits per heavy atom. The topological polar surface area (TPSA) is 20.3 Å². The van der Waals surface area contributed by atoms with Gasteiger partial charge in [-0.3, -0.25) is 4.79 Å². The second-order valence-electron chi connectivity index (χ2n) is 7.35. The molecule has 1 saturated heterocycles. The van der Waals surface area contributed by atoms with Crippen molar-refractivity contribution in [2.45, 2.75) is 57.5 Å². The van der Waals surface area contributed by atoms with Gasteiger partial charge in [-0.15, -0.1) is 0 Å². The fraction of sp³-hybridized carbons (Fsp3) is 0.562. The summed E-state index contributed by atoms with van der Waals surface area (Å²) in [6.07, 6.45) is 1.01. The fourth-order valence-electron chi connectivity index (χ4n) is 2.92. The van der Waals surface area contributed by atoms with Crippen molar-refractivity contribution >= 4 is 14.0 Å². The maximum absolute atomic E-state index is 12.7. The Hall–Kier alpha value is -1.09. The smallest absolute Gasteiger partial charge is 0.223 e. The van der Waals surface area contributed by atoms with Crippen LogP contribution in [0, 0.1) is 0 Å². The van der Waals surface area contributed by atoms with E-state index in [0.29, 0.717) is 5.91 Å². The predicted molar refractivity (Wildman–Crippen MR) is 82.8 cm³/mol. The van der Waals surface area contributed by atoms with Crippen molar-refractivity contribution < 1.29 is 4.79 Å². The van der Waals surface area contributed by atoms with Crippen molar-refractivity contribution in [3.05, 3.63) is 35.9 Å². The van der Waals surface area contributed by atoms with Crippen molar-refractivity contribution in [1.82, 2.24) is 4.90 Å². The molecule has 1 aliphatic rings. The first-order valence-electron chi connectivity index (χ1n) is 7.07. The lowest BCUT2D eigenvalue weighted by Gasteiger charge is -2.31. The second kappa shape index (κ2) is 4.78. The van der Waals surface area contributed by atoms with Crippen molar-refractivity contribution in [1.29, 1.82) is 0 Å². The van der Waals surface area contributed by atoms with Crippen LogP contribution in [0.5, 0.6) is 0 Å². The molecule has 1 unspecified atom stereocenters. The molecule has 0 spiro atoms. The summed E-state index contributed by atoms with van der Waals surface area (Å²) in [5.41, 5.74) is 1.48. The highest BCUT2D eigenvalue weighted by molar-refractivity contribution is 6.80. The molecule has 2 nitrogen and oxygen atoms in total. The number of carbonyl (C=O) groups excluding carboxylic acids is 1. The van der Waals surface area contributed by atoms with Crippen LogP contribution >= 0.6 is 0 Å². The summed E-state index contributed by atoms with van der Waals surface area (Å²) in [5, 5.41) is 0. The lowest BCUT2D eigenvalue weighted by atomic mass is 10.0. The lowest BCUT2D eigenvalue weighted by Crippen LogP contribution is -2.41. The molecule has 2 rings (SSSR count). The molecule has 0 aliphatic carbocycles. The molecule has 1 aromatic rings. The molecule has 1 heterocycles. The van der Waals surface area contributed by atoms with Gasteiger partial charge in [0, 0.05) is 17.6 Å². The van der Waals surface area contributed by atoms with Crippen LogP contribution in [0.15, 0.2) is 30.3 Å². The summed E-state index contributed by atoms with van der Waals surface area (Å²) in [4.78, 5) is 14.8. The van der Waals surface area contributed by atoms with Crippen LogP contribution < -0.4 is 0 Å². The predicted octanol–water partition coefficient (Wildman–Crippen LogP) is 3.91. The molecule has 19 heavy (non-hydrogen) atoms. The van der Waals surface area contributed by atoms with Gasteiger partial charge in [-0.25, -0.2) is 0 Å². The van der Waals surface area contributed by atoms with Gasteiger partial charge in [-0.2, -0.15) is 0 Å². The number of likely N-dealkylation sites (tertiary alicyclic amines) is 1. The van der Waals surface area contributed by atoms with Crippen LogP contribution in [0.3, 0.4) is 0 Å². The number of rotatable bonds is 3. The van der Waals surface area contributed by atoms with E-state index in [1.807, 2.05) is 18.2 Å². The van der Waals surface area contributed by atoms with E-state index in [4.69, 9.17) is 0 Å². The van der Waals surface area contributed by atoms with Gasteiger partial charge >= 0.3 is 0 Å². The Morgan fingerprint density at radius 1 is 1.21 bits per heavy atom. The standard InChI is InChI=1S/C16H25NOSi/c1-16(2)11-14(19(3,4)5)15(18)17(16)12-13-9-7-6-8-10-13/h6-10,14H,11-12H2,1-5H3. The van der Waals surface area contributed by atoms with Crippen LogP contribution in [0.4, 0.5) is 0 Å². The third-order valence-electron chi connectivity index (χ3n) is 4.23. The molecule has 0 N–H and O–H groups in total. The molecule has 1 amide bonds. The number of hydrogen-bond acceptors (Lipinski definition) is 1. The molecule has 0 bridgehead atoms. The summed E-state index contributed by atoms with van der Waals surface area (Å²) < 4.78 is 0. The van der Waals surface area contributed by atoms with Gasteiger partial charge in [-0.05, 0) is 25.8 Å². The molecule has 3 heteroatoms. The molecule has 1 fully saturated rings. The molecule has 1 atom stereocenters. The minimum absolute atomic E-state index is 0.0160. The van der Waals surface area contributed by atoms with Crippen LogP contribution in [-0.4, -0.2) is 24.4 Å². The van der Waals surface area contributed by atoms with E-state index in [0.717, 1.165) is 13.0 Å². The number of hydrogen-bond donors (Lipinski definition) is 0. The average molecular weight is 275 g/mol. The highest BCUT2D eigenvalue weighted by Crippen LogP contribution is 2.43. The first-order chi connectivity index (χ1) is 8.72. The van der Waals surface area contributed by atoms with Crippen molar-refractivity contribution in [3.8, 4) is 0 Å². The highest BCUT2D eigenvalue weighted by Gasteiger charge is 2.49. The number of carbonyl (C=O) groups is 1. The lowest BCUT2D eigenvalue weighted by molar-refractivity contribution is -0.131. The SMILES string of the molecule is CC1(C)CC([Si](C)(C)C)C(=O)N1Cc1ccccc1. The minimum atomic E-state index is -1.43. The summed E-state index contributed by atoms with van der Waals surface area (Å²) in [7, 11) is -1.43. The third-order valence-corrected chi connectivity index (χ3v) is 6.77. The second-order valence-corrected chi connectivity index (χ2v) is 12.8. The molecule has 1 aliphatic heterocycles. The van der Waals surface area contributed by atoms with E-state index in [1.165, 1.54) is 5.56 Å². The maximum Gasteiger partial charge on any atom is 0.223 e. The number of benzene rings is 1. The third kappa shape index (κ3) is 2.91. The molecule has 1 aromatic carbocycles. The van der Waals surface area contributed by atoms with Gasteiger partial charge in [0.1, 0.15) is 0 Å². The minimum Gasteiger partial charge on any atom is -0.333 e. The van der Waals surface area contributed by atoms with E-state index < -0.39 is 8.07 Å².